The first kappa shape index (κ1) is 21.3. The maximum atomic E-state index is 11.8. The summed E-state index contributed by atoms with van der Waals surface area (Å²) in [5.74, 6) is 0.182. The summed E-state index contributed by atoms with van der Waals surface area (Å²) in [6.45, 7) is 2.06. The van der Waals surface area contributed by atoms with E-state index in [1.165, 1.54) is 18.0 Å². The Bertz CT molecular complexity index is 1220. The molecular weight excluding hydrogens is 457 g/mol. The Labute approximate surface area is 192 Å². The van der Waals surface area contributed by atoms with Crippen molar-refractivity contribution in [2.24, 2.45) is 0 Å². The largest absolute Gasteiger partial charge is 0.462 e. The zero-order chi connectivity index (χ0) is 21.8. The smallest absolute Gasteiger partial charge is 0.339 e. The van der Waals surface area contributed by atoms with Gasteiger partial charge in [0.1, 0.15) is 5.03 Å². The summed E-state index contributed by atoms with van der Waals surface area (Å²) in [5.41, 5.74) is 1.91. The van der Waals surface area contributed by atoms with E-state index in [1.54, 1.807) is 43.6 Å². The van der Waals surface area contributed by atoms with Crippen molar-refractivity contribution in [1.29, 1.82) is 0 Å². The van der Waals surface area contributed by atoms with Gasteiger partial charge in [-0.15, -0.1) is 10.2 Å². The Hall–Kier alpha value is -2.94. The first-order valence-electron chi connectivity index (χ1n) is 9.19. The predicted molar refractivity (Wildman–Crippen MR) is 119 cm³/mol. The number of pyridine rings is 2. The number of halogens is 2. The number of aromatic nitrogens is 5. The zero-order valence-electron chi connectivity index (χ0n) is 16.2. The fourth-order valence-electron chi connectivity index (χ4n) is 2.74. The highest BCUT2D eigenvalue weighted by molar-refractivity contribution is 7.99. The van der Waals surface area contributed by atoms with Gasteiger partial charge < -0.3 is 4.74 Å². The normalized spacial score (nSPS) is 10.8. The highest BCUT2D eigenvalue weighted by Crippen LogP contribution is 2.33. The van der Waals surface area contributed by atoms with Crippen molar-refractivity contribution < 1.29 is 9.53 Å². The molecule has 3 aromatic heterocycles. The Kier molecular flexibility index (Phi) is 6.50. The van der Waals surface area contributed by atoms with Crippen LogP contribution in [-0.2, 0) is 4.74 Å². The van der Waals surface area contributed by atoms with Gasteiger partial charge in [0.25, 0.3) is 0 Å². The van der Waals surface area contributed by atoms with Crippen molar-refractivity contribution in [2.75, 3.05) is 6.61 Å². The molecule has 0 aliphatic heterocycles. The first-order valence-corrected chi connectivity index (χ1v) is 10.8. The van der Waals surface area contributed by atoms with Crippen LogP contribution in [0.5, 0.6) is 0 Å². The lowest BCUT2D eigenvalue weighted by molar-refractivity contribution is 0.0525. The molecule has 0 saturated carbocycles. The van der Waals surface area contributed by atoms with E-state index in [4.69, 9.17) is 27.9 Å². The molecule has 10 heteroatoms. The molecule has 0 saturated heterocycles. The lowest BCUT2D eigenvalue weighted by atomic mass is 10.2. The molecule has 0 fully saturated rings. The molecule has 3 heterocycles. The molecule has 156 valence electrons. The van der Waals surface area contributed by atoms with Crippen LogP contribution in [0.4, 0.5) is 0 Å². The summed E-state index contributed by atoms with van der Waals surface area (Å²) < 4.78 is 6.85. The highest BCUT2D eigenvalue weighted by atomic mass is 35.5. The van der Waals surface area contributed by atoms with Gasteiger partial charge in [0, 0.05) is 24.2 Å². The molecule has 7 nitrogen and oxygen atoms in total. The third kappa shape index (κ3) is 4.71. The zero-order valence-corrected chi connectivity index (χ0v) is 18.5. The quantitative estimate of drug-likeness (QED) is 0.350. The van der Waals surface area contributed by atoms with Crippen molar-refractivity contribution in [2.45, 2.75) is 17.1 Å². The Morgan fingerprint density at radius 1 is 1.10 bits per heavy atom. The summed E-state index contributed by atoms with van der Waals surface area (Å²) in [6.07, 6.45) is 4.87. The number of benzene rings is 1. The SMILES string of the molecule is CCOC(=O)c1ccc(Sc2nnc(-c3cccnc3)n2-c2ccc(Cl)c(Cl)c2)nc1. The molecule has 0 N–H and O–H groups in total. The number of esters is 1. The van der Waals surface area contributed by atoms with Gasteiger partial charge in [-0.1, -0.05) is 23.2 Å². The average molecular weight is 472 g/mol. The van der Waals surface area contributed by atoms with Crippen LogP contribution in [0.15, 0.2) is 71.2 Å². The molecule has 0 unspecified atom stereocenters. The summed E-state index contributed by atoms with van der Waals surface area (Å²) in [5, 5.41) is 10.8. The van der Waals surface area contributed by atoms with E-state index in [9.17, 15) is 4.79 Å². The van der Waals surface area contributed by atoms with Gasteiger partial charge in [-0.2, -0.15) is 0 Å². The predicted octanol–water partition coefficient (Wildman–Crippen LogP) is 5.36. The van der Waals surface area contributed by atoms with Crippen LogP contribution in [0.1, 0.15) is 17.3 Å². The van der Waals surface area contributed by atoms with Crippen molar-refractivity contribution >= 4 is 40.9 Å². The van der Waals surface area contributed by atoms with Gasteiger partial charge in [-0.05, 0) is 61.2 Å². The van der Waals surface area contributed by atoms with E-state index < -0.39 is 5.97 Å². The van der Waals surface area contributed by atoms with Crippen molar-refractivity contribution in [3.05, 3.63) is 76.7 Å². The Morgan fingerprint density at radius 3 is 2.65 bits per heavy atom. The molecule has 1 aromatic carbocycles. The van der Waals surface area contributed by atoms with Crippen LogP contribution in [0.2, 0.25) is 10.0 Å². The van der Waals surface area contributed by atoms with Crippen LogP contribution in [0.3, 0.4) is 0 Å². The number of nitrogens with zero attached hydrogens (tertiary/aromatic N) is 5. The van der Waals surface area contributed by atoms with Gasteiger partial charge in [0.15, 0.2) is 5.82 Å². The third-order valence-electron chi connectivity index (χ3n) is 4.16. The molecule has 31 heavy (non-hydrogen) atoms. The fourth-order valence-corrected chi connectivity index (χ4v) is 3.83. The summed E-state index contributed by atoms with van der Waals surface area (Å²) in [7, 11) is 0. The molecule has 0 radical (unpaired) electrons. The molecule has 0 aliphatic rings. The maximum absolute atomic E-state index is 11.8. The van der Waals surface area contributed by atoms with Gasteiger partial charge in [0.05, 0.1) is 27.9 Å². The minimum atomic E-state index is -0.413. The number of carbonyl (C=O) groups excluding carboxylic acids is 1. The minimum absolute atomic E-state index is 0.305. The van der Waals surface area contributed by atoms with Gasteiger partial charge >= 0.3 is 5.97 Å². The molecule has 0 bridgehead atoms. The average Bonchev–Trinajstić information content (AvgIpc) is 3.20. The van der Waals surface area contributed by atoms with Gasteiger partial charge in [-0.3, -0.25) is 9.55 Å². The van der Waals surface area contributed by atoms with E-state index >= 15 is 0 Å². The maximum Gasteiger partial charge on any atom is 0.339 e. The van der Waals surface area contributed by atoms with Crippen LogP contribution < -0.4 is 0 Å². The second-order valence-electron chi connectivity index (χ2n) is 6.19. The monoisotopic (exact) mass is 471 g/mol. The second-order valence-corrected chi connectivity index (χ2v) is 7.99. The molecular formula is C21H15Cl2N5O2S. The first-order chi connectivity index (χ1) is 15.1. The second kappa shape index (κ2) is 9.47. The van der Waals surface area contributed by atoms with E-state index in [0.717, 1.165) is 11.3 Å². The van der Waals surface area contributed by atoms with Gasteiger partial charge in [-0.25, -0.2) is 9.78 Å². The molecule has 4 rings (SSSR count). The number of ether oxygens (including phenoxy) is 1. The van der Waals surface area contributed by atoms with Crippen LogP contribution >= 0.6 is 35.0 Å². The van der Waals surface area contributed by atoms with Crippen molar-refractivity contribution in [3.63, 3.8) is 0 Å². The van der Waals surface area contributed by atoms with E-state index in [0.29, 0.717) is 38.2 Å². The van der Waals surface area contributed by atoms with E-state index in [1.807, 2.05) is 22.8 Å². The van der Waals surface area contributed by atoms with E-state index in [2.05, 4.69) is 20.2 Å². The number of carbonyl (C=O) groups is 1. The fraction of sp³-hybridized carbons (Fsp3) is 0.0952. The van der Waals surface area contributed by atoms with Crippen LogP contribution in [0, 0.1) is 0 Å². The van der Waals surface area contributed by atoms with Crippen LogP contribution in [-0.4, -0.2) is 37.3 Å². The number of hydrogen-bond acceptors (Lipinski definition) is 7. The topological polar surface area (TPSA) is 82.8 Å². The van der Waals surface area contributed by atoms with Gasteiger partial charge in [0.2, 0.25) is 5.16 Å². The molecule has 0 spiro atoms. The van der Waals surface area contributed by atoms with Crippen molar-refractivity contribution in [1.82, 2.24) is 24.7 Å². The van der Waals surface area contributed by atoms with Crippen molar-refractivity contribution in [3.8, 4) is 17.1 Å². The van der Waals surface area contributed by atoms with E-state index in [-0.39, 0.29) is 0 Å². The minimum Gasteiger partial charge on any atom is -0.462 e. The van der Waals surface area contributed by atoms with Crippen LogP contribution in [0.25, 0.3) is 17.1 Å². The molecule has 4 aromatic rings. The Morgan fingerprint density at radius 2 is 1.97 bits per heavy atom. The molecule has 0 amide bonds. The lowest BCUT2D eigenvalue weighted by Crippen LogP contribution is -2.05. The third-order valence-corrected chi connectivity index (χ3v) is 5.79. The molecule has 0 aliphatic carbocycles. The summed E-state index contributed by atoms with van der Waals surface area (Å²) >= 11 is 13.6. The number of hydrogen-bond donors (Lipinski definition) is 0. The Balaban J connectivity index is 1.73. The highest BCUT2D eigenvalue weighted by Gasteiger charge is 2.18. The number of rotatable bonds is 6. The standard InChI is InChI=1S/C21H15Cl2N5O2S/c1-2-30-20(29)14-5-8-18(25-12-14)31-21-27-26-19(13-4-3-9-24-11-13)28(21)15-6-7-16(22)17(23)10-15/h3-12H,2H2,1H3. The molecule has 0 atom stereocenters. The summed E-state index contributed by atoms with van der Waals surface area (Å²) in [4.78, 5) is 20.4. The summed E-state index contributed by atoms with van der Waals surface area (Å²) in [6, 6.07) is 12.4. The lowest BCUT2D eigenvalue weighted by Gasteiger charge is -2.11.